The van der Waals surface area contributed by atoms with Gasteiger partial charge in [0.1, 0.15) is 0 Å². The van der Waals surface area contributed by atoms with Crippen LogP contribution >= 0.6 is 0 Å². The fourth-order valence-electron chi connectivity index (χ4n) is 2.50. The van der Waals surface area contributed by atoms with Crippen molar-refractivity contribution >= 4 is 0 Å². The summed E-state index contributed by atoms with van der Waals surface area (Å²) < 4.78 is 0. The molecule has 56 valence electrons. The highest BCUT2D eigenvalue weighted by atomic mass is 16.3. The number of aliphatic hydroxyl groups excluding tert-OH is 1. The zero-order valence-electron chi connectivity index (χ0n) is 6.43. The van der Waals surface area contributed by atoms with Crippen LogP contribution in [0.15, 0.2) is 12.2 Å². The van der Waals surface area contributed by atoms with E-state index in [1.165, 1.54) is 12.8 Å². The Morgan fingerprint density at radius 1 is 1.60 bits per heavy atom. The standard InChI is InChI=1S/C9H14O/c1-6-8(10)3-7-4-9(6,2)5-7/h7-8,10H,1,3-5H2,2H3. The van der Waals surface area contributed by atoms with E-state index in [1.807, 2.05) is 0 Å². The van der Waals surface area contributed by atoms with E-state index in [9.17, 15) is 5.11 Å². The Balaban J connectivity index is 2.22. The fraction of sp³-hybridized carbons (Fsp3) is 0.778. The SMILES string of the molecule is C=C1C(O)CC2CC1(C)C2. The third kappa shape index (κ3) is 0.615. The van der Waals surface area contributed by atoms with Crippen molar-refractivity contribution in [2.75, 3.05) is 0 Å². The van der Waals surface area contributed by atoms with Gasteiger partial charge in [0.05, 0.1) is 6.10 Å². The lowest BCUT2D eigenvalue weighted by molar-refractivity contribution is -0.00307. The summed E-state index contributed by atoms with van der Waals surface area (Å²) in [7, 11) is 0. The Morgan fingerprint density at radius 2 is 2.20 bits per heavy atom. The van der Waals surface area contributed by atoms with E-state index in [2.05, 4.69) is 13.5 Å². The molecule has 0 heterocycles. The molecule has 1 N–H and O–H groups in total. The zero-order valence-corrected chi connectivity index (χ0v) is 6.43. The summed E-state index contributed by atoms with van der Waals surface area (Å²) in [6.07, 6.45) is 3.30. The van der Waals surface area contributed by atoms with Crippen LogP contribution in [0.1, 0.15) is 26.2 Å². The monoisotopic (exact) mass is 138 g/mol. The summed E-state index contributed by atoms with van der Waals surface area (Å²) in [6, 6.07) is 0. The highest BCUT2D eigenvalue weighted by Gasteiger charge is 2.49. The maximum Gasteiger partial charge on any atom is 0.0755 e. The molecule has 2 bridgehead atoms. The van der Waals surface area contributed by atoms with E-state index in [0.717, 1.165) is 17.9 Å². The number of aliphatic hydroxyl groups is 1. The van der Waals surface area contributed by atoms with Crippen molar-refractivity contribution in [1.82, 2.24) is 0 Å². The Kier molecular flexibility index (Phi) is 1.06. The Labute approximate surface area is 61.8 Å². The number of hydrogen-bond acceptors (Lipinski definition) is 1. The molecule has 3 fully saturated rings. The first-order valence-corrected chi connectivity index (χ1v) is 3.99. The molecule has 1 atom stereocenters. The molecule has 1 unspecified atom stereocenters. The first-order chi connectivity index (χ1) is 4.62. The van der Waals surface area contributed by atoms with Crippen molar-refractivity contribution in [3.63, 3.8) is 0 Å². The van der Waals surface area contributed by atoms with E-state index in [1.54, 1.807) is 0 Å². The molecule has 1 nitrogen and oxygen atoms in total. The highest BCUT2D eigenvalue weighted by molar-refractivity contribution is 5.23. The van der Waals surface area contributed by atoms with Gasteiger partial charge in [0, 0.05) is 0 Å². The van der Waals surface area contributed by atoms with Crippen LogP contribution < -0.4 is 0 Å². The molecule has 3 aliphatic carbocycles. The van der Waals surface area contributed by atoms with Crippen LogP contribution in [0.2, 0.25) is 0 Å². The molecule has 0 radical (unpaired) electrons. The Hall–Kier alpha value is -0.300. The average Bonchev–Trinajstić information content (AvgIpc) is 1.78. The zero-order chi connectivity index (χ0) is 7.35. The van der Waals surface area contributed by atoms with Crippen LogP contribution in [0.4, 0.5) is 0 Å². The molecule has 0 saturated heterocycles. The summed E-state index contributed by atoms with van der Waals surface area (Å²) in [5.41, 5.74) is 1.39. The quantitative estimate of drug-likeness (QED) is 0.505. The molecular weight excluding hydrogens is 124 g/mol. The maximum atomic E-state index is 9.44. The van der Waals surface area contributed by atoms with Gasteiger partial charge in [-0.25, -0.2) is 0 Å². The molecule has 0 spiro atoms. The predicted molar refractivity (Wildman–Crippen MR) is 40.6 cm³/mol. The van der Waals surface area contributed by atoms with Crippen LogP contribution in [0.3, 0.4) is 0 Å². The van der Waals surface area contributed by atoms with Crippen molar-refractivity contribution in [3.8, 4) is 0 Å². The first kappa shape index (κ1) is 6.41. The molecule has 0 amide bonds. The van der Waals surface area contributed by atoms with Crippen molar-refractivity contribution in [2.24, 2.45) is 11.3 Å². The lowest BCUT2D eigenvalue weighted by Crippen LogP contribution is -2.46. The van der Waals surface area contributed by atoms with E-state index >= 15 is 0 Å². The maximum absolute atomic E-state index is 9.44. The lowest BCUT2D eigenvalue weighted by atomic mass is 9.52. The lowest BCUT2D eigenvalue weighted by Gasteiger charge is -2.53. The van der Waals surface area contributed by atoms with Crippen LogP contribution in [0, 0.1) is 11.3 Å². The summed E-state index contributed by atoms with van der Waals surface area (Å²) in [4.78, 5) is 0. The van der Waals surface area contributed by atoms with E-state index in [4.69, 9.17) is 0 Å². The Morgan fingerprint density at radius 3 is 2.60 bits per heavy atom. The van der Waals surface area contributed by atoms with E-state index < -0.39 is 0 Å². The summed E-state index contributed by atoms with van der Waals surface area (Å²) in [6.45, 7) is 6.15. The van der Waals surface area contributed by atoms with Gasteiger partial charge in [-0.1, -0.05) is 13.5 Å². The molecule has 0 aromatic rings. The number of fused-ring (bicyclic) bond motifs is 2. The second kappa shape index (κ2) is 1.65. The summed E-state index contributed by atoms with van der Waals surface area (Å²) >= 11 is 0. The highest BCUT2D eigenvalue weighted by Crippen LogP contribution is 2.57. The third-order valence-corrected chi connectivity index (χ3v) is 3.21. The molecule has 3 saturated carbocycles. The number of rotatable bonds is 0. The largest absolute Gasteiger partial charge is 0.389 e. The molecule has 0 aromatic carbocycles. The minimum absolute atomic E-state index is 0.197. The molecule has 0 aromatic heterocycles. The summed E-state index contributed by atoms with van der Waals surface area (Å²) in [5.74, 6) is 0.797. The molecule has 1 heteroatoms. The van der Waals surface area contributed by atoms with Gasteiger partial charge in [-0.2, -0.15) is 0 Å². The van der Waals surface area contributed by atoms with Crippen LogP contribution in [-0.4, -0.2) is 11.2 Å². The van der Waals surface area contributed by atoms with Crippen molar-refractivity contribution in [3.05, 3.63) is 12.2 Å². The van der Waals surface area contributed by atoms with E-state index in [0.29, 0.717) is 5.41 Å². The predicted octanol–water partition coefficient (Wildman–Crippen LogP) is 1.72. The minimum Gasteiger partial charge on any atom is -0.389 e. The normalized spacial score (nSPS) is 52.4. The van der Waals surface area contributed by atoms with Crippen LogP contribution in [0.25, 0.3) is 0 Å². The topological polar surface area (TPSA) is 20.2 Å². The first-order valence-electron chi connectivity index (χ1n) is 3.99. The van der Waals surface area contributed by atoms with Gasteiger partial charge in [-0.3, -0.25) is 0 Å². The molecule has 3 aliphatic rings. The summed E-state index contributed by atoms with van der Waals surface area (Å²) in [5, 5.41) is 9.44. The van der Waals surface area contributed by atoms with Crippen molar-refractivity contribution in [2.45, 2.75) is 32.3 Å². The van der Waals surface area contributed by atoms with Gasteiger partial charge in [0.15, 0.2) is 0 Å². The fourth-order valence-corrected chi connectivity index (χ4v) is 2.50. The molecule has 3 rings (SSSR count). The smallest absolute Gasteiger partial charge is 0.0755 e. The van der Waals surface area contributed by atoms with Crippen molar-refractivity contribution < 1.29 is 5.11 Å². The number of hydrogen-bond donors (Lipinski definition) is 1. The average molecular weight is 138 g/mol. The van der Waals surface area contributed by atoms with E-state index in [-0.39, 0.29) is 6.10 Å². The van der Waals surface area contributed by atoms with Gasteiger partial charge < -0.3 is 5.11 Å². The molecule has 0 aliphatic heterocycles. The van der Waals surface area contributed by atoms with Gasteiger partial charge >= 0.3 is 0 Å². The minimum atomic E-state index is -0.197. The molecule has 10 heavy (non-hydrogen) atoms. The third-order valence-electron chi connectivity index (χ3n) is 3.21. The Bertz CT molecular complexity index is 174. The van der Waals surface area contributed by atoms with Gasteiger partial charge in [-0.05, 0) is 36.2 Å². The van der Waals surface area contributed by atoms with Gasteiger partial charge in [-0.15, -0.1) is 0 Å². The van der Waals surface area contributed by atoms with Crippen molar-refractivity contribution in [1.29, 1.82) is 0 Å². The van der Waals surface area contributed by atoms with Gasteiger partial charge in [0.25, 0.3) is 0 Å². The van der Waals surface area contributed by atoms with Crippen LogP contribution in [-0.2, 0) is 0 Å². The second-order valence-corrected chi connectivity index (χ2v) is 4.11. The van der Waals surface area contributed by atoms with Crippen LogP contribution in [0.5, 0.6) is 0 Å². The molecular formula is C9H14O. The second-order valence-electron chi connectivity index (χ2n) is 4.11. The van der Waals surface area contributed by atoms with Gasteiger partial charge in [0.2, 0.25) is 0 Å².